The van der Waals surface area contributed by atoms with Gasteiger partial charge in [0.05, 0.1) is 5.75 Å². The second-order valence-corrected chi connectivity index (χ2v) is 8.90. The first kappa shape index (κ1) is 24.5. The quantitative estimate of drug-likeness (QED) is 0.430. The highest BCUT2D eigenvalue weighted by Crippen LogP contribution is 2.21. The van der Waals surface area contributed by atoms with Crippen LogP contribution in [0.25, 0.3) is 0 Å². The lowest BCUT2D eigenvalue weighted by Crippen LogP contribution is -2.51. The molecule has 3 aromatic rings. The summed E-state index contributed by atoms with van der Waals surface area (Å²) in [6.45, 7) is 4.57. The van der Waals surface area contributed by atoms with E-state index in [1.54, 1.807) is 17.0 Å². The van der Waals surface area contributed by atoms with Crippen LogP contribution in [0.4, 0.5) is 4.39 Å². The summed E-state index contributed by atoms with van der Waals surface area (Å²) in [5, 5.41) is 2.88. The number of hydrogen-bond acceptors (Lipinski definition) is 3. The number of aryl methyl sites for hydroxylation is 1. The molecule has 0 radical (unpaired) electrons. The monoisotopic (exact) mass is 464 g/mol. The zero-order valence-electron chi connectivity index (χ0n) is 19.0. The molecule has 0 unspecified atom stereocenters. The predicted octanol–water partition coefficient (Wildman–Crippen LogP) is 5.00. The minimum absolute atomic E-state index is 0.142. The van der Waals surface area contributed by atoms with Gasteiger partial charge in [0.25, 0.3) is 0 Å². The van der Waals surface area contributed by atoms with Crippen molar-refractivity contribution < 1.29 is 14.0 Å². The third kappa shape index (κ3) is 7.46. The topological polar surface area (TPSA) is 49.4 Å². The van der Waals surface area contributed by atoms with Gasteiger partial charge in [0.2, 0.25) is 11.8 Å². The fourth-order valence-electron chi connectivity index (χ4n) is 3.49. The number of carbonyl (C=O) groups excluding carboxylic acids is 2. The second kappa shape index (κ2) is 12.2. The van der Waals surface area contributed by atoms with Gasteiger partial charge in [-0.3, -0.25) is 9.59 Å². The molecule has 4 nitrogen and oxygen atoms in total. The molecular weight excluding hydrogens is 435 g/mol. The van der Waals surface area contributed by atoms with Crippen LogP contribution in [0.5, 0.6) is 0 Å². The van der Waals surface area contributed by atoms with Crippen LogP contribution in [0.1, 0.15) is 23.6 Å². The second-order valence-electron chi connectivity index (χ2n) is 7.85. The van der Waals surface area contributed by atoms with Crippen molar-refractivity contribution in [2.45, 2.75) is 37.8 Å². The molecule has 0 spiro atoms. The molecule has 6 heteroatoms. The van der Waals surface area contributed by atoms with Crippen LogP contribution < -0.4 is 5.32 Å². The molecular formula is C27H29FN2O2S. The van der Waals surface area contributed by atoms with E-state index in [1.807, 2.05) is 68.4 Å². The molecule has 0 aliphatic rings. The van der Waals surface area contributed by atoms with Gasteiger partial charge in [0.15, 0.2) is 0 Å². The van der Waals surface area contributed by atoms with Crippen LogP contribution >= 0.6 is 11.8 Å². The average Bonchev–Trinajstić information content (AvgIpc) is 2.82. The Hall–Kier alpha value is -3.12. The van der Waals surface area contributed by atoms with E-state index in [9.17, 15) is 14.0 Å². The fraction of sp³-hybridized carbons (Fsp3) is 0.259. The number of likely N-dealkylation sites (N-methyl/N-ethyl adjacent to an activating group) is 1. The summed E-state index contributed by atoms with van der Waals surface area (Å²) in [4.78, 5) is 29.1. The molecule has 1 atom stereocenters. The fourth-order valence-corrected chi connectivity index (χ4v) is 4.28. The molecule has 2 amide bonds. The summed E-state index contributed by atoms with van der Waals surface area (Å²) in [5.74, 6) is -0.472. The minimum atomic E-state index is -0.677. The van der Waals surface area contributed by atoms with Crippen LogP contribution in [0, 0.1) is 12.7 Å². The van der Waals surface area contributed by atoms with Crippen molar-refractivity contribution >= 4 is 23.6 Å². The summed E-state index contributed by atoms with van der Waals surface area (Å²) in [6.07, 6.45) is 0.398. The number of nitrogens with one attached hydrogen (secondary N) is 1. The lowest BCUT2D eigenvalue weighted by atomic mass is 10.0. The molecule has 0 aliphatic heterocycles. The molecule has 0 bridgehead atoms. The first-order valence-corrected chi connectivity index (χ1v) is 12.0. The Morgan fingerprint density at radius 2 is 1.61 bits per heavy atom. The standard InChI is InChI=1S/C27H29FN2O2S/c1-3-29-27(32)25(17-21-7-5-4-6-8-21)30(18-22-11-13-23(28)14-12-22)26(31)19-33-24-15-9-20(2)10-16-24/h4-16,25H,3,17-19H2,1-2H3,(H,29,32)/t25-/m1/s1. The van der Waals surface area contributed by atoms with Crippen molar-refractivity contribution in [1.82, 2.24) is 10.2 Å². The van der Waals surface area contributed by atoms with E-state index in [-0.39, 0.29) is 29.9 Å². The summed E-state index contributed by atoms with van der Waals surface area (Å²) in [5.41, 5.74) is 2.90. The minimum Gasteiger partial charge on any atom is -0.355 e. The Balaban J connectivity index is 1.87. The molecule has 33 heavy (non-hydrogen) atoms. The maximum absolute atomic E-state index is 13.4. The molecule has 172 valence electrons. The first-order chi connectivity index (χ1) is 16.0. The van der Waals surface area contributed by atoms with E-state index in [0.717, 1.165) is 21.6 Å². The van der Waals surface area contributed by atoms with Gasteiger partial charge in [-0.25, -0.2) is 4.39 Å². The highest BCUT2D eigenvalue weighted by atomic mass is 32.2. The Labute approximate surface area is 199 Å². The van der Waals surface area contributed by atoms with Crippen LogP contribution in [-0.2, 0) is 22.6 Å². The van der Waals surface area contributed by atoms with Gasteiger partial charge in [-0.05, 0) is 49.2 Å². The Morgan fingerprint density at radius 3 is 2.24 bits per heavy atom. The highest BCUT2D eigenvalue weighted by molar-refractivity contribution is 8.00. The van der Waals surface area contributed by atoms with E-state index in [2.05, 4.69) is 5.32 Å². The van der Waals surface area contributed by atoms with E-state index in [0.29, 0.717) is 13.0 Å². The average molecular weight is 465 g/mol. The van der Waals surface area contributed by atoms with Crippen LogP contribution in [0.3, 0.4) is 0 Å². The van der Waals surface area contributed by atoms with Crippen molar-refractivity contribution in [2.24, 2.45) is 0 Å². The third-order valence-electron chi connectivity index (χ3n) is 5.27. The molecule has 3 aromatic carbocycles. The summed E-state index contributed by atoms with van der Waals surface area (Å²) in [6, 6.07) is 23.0. The third-order valence-corrected chi connectivity index (χ3v) is 6.27. The number of rotatable bonds is 10. The highest BCUT2D eigenvalue weighted by Gasteiger charge is 2.30. The van der Waals surface area contributed by atoms with Crippen molar-refractivity contribution in [3.8, 4) is 0 Å². The Morgan fingerprint density at radius 1 is 0.939 bits per heavy atom. The molecule has 0 saturated carbocycles. The van der Waals surface area contributed by atoms with E-state index in [4.69, 9.17) is 0 Å². The lowest BCUT2D eigenvalue weighted by Gasteiger charge is -2.31. The molecule has 0 fully saturated rings. The molecule has 0 heterocycles. The Kier molecular flexibility index (Phi) is 9.07. The summed E-state index contributed by atoms with van der Waals surface area (Å²) in [7, 11) is 0. The number of amides is 2. The van der Waals surface area contributed by atoms with Gasteiger partial charge in [-0.15, -0.1) is 11.8 Å². The van der Waals surface area contributed by atoms with Gasteiger partial charge < -0.3 is 10.2 Å². The number of nitrogens with zero attached hydrogens (tertiary/aromatic N) is 1. The van der Waals surface area contributed by atoms with Crippen LogP contribution in [0.15, 0.2) is 83.8 Å². The number of carbonyl (C=O) groups is 2. The smallest absolute Gasteiger partial charge is 0.243 e. The lowest BCUT2D eigenvalue weighted by molar-refractivity contribution is -0.139. The van der Waals surface area contributed by atoms with Gasteiger partial charge >= 0.3 is 0 Å². The normalized spacial score (nSPS) is 11.6. The largest absolute Gasteiger partial charge is 0.355 e. The van der Waals surface area contributed by atoms with Crippen molar-refractivity contribution in [1.29, 1.82) is 0 Å². The van der Waals surface area contributed by atoms with E-state index >= 15 is 0 Å². The molecule has 0 saturated heterocycles. The van der Waals surface area contributed by atoms with Crippen molar-refractivity contribution in [3.63, 3.8) is 0 Å². The maximum Gasteiger partial charge on any atom is 0.243 e. The molecule has 0 aromatic heterocycles. The van der Waals surface area contributed by atoms with E-state index in [1.165, 1.54) is 23.9 Å². The maximum atomic E-state index is 13.4. The zero-order chi connectivity index (χ0) is 23.6. The summed E-state index contributed by atoms with van der Waals surface area (Å²) >= 11 is 1.44. The van der Waals surface area contributed by atoms with Crippen molar-refractivity contribution in [3.05, 3.63) is 101 Å². The SMILES string of the molecule is CCNC(=O)[C@@H](Cc1ccccc1)N(Cc1ccc(F)cc1)C(=O)CSc1ccc(C)cc1. The number of benzene rings is 3. The van der Waals surface area contributed by atoms with Gasteiger partial charge in [0.1, 0.15) is 11.9 Å². The predicted molar refractivity (Wildman–Crippen MR) is 131 cm³/mol. The molecule has 0 aliphatic carbocycles. The number of halogens is 1. The zero-order valence-corrected chi connectivity index (χ0v) is 19.8. The number of hydrogen-bond donors (Lipinski definition) is 1. The Bertz CT molecular complexity index is 1040. The molecule has 3 rings (SSSR count). The van der Waals surface area contributed by atoms with Crippen LogP contribution in [-0.4, -0.2) is 35.1 Å². The first-order valence-electron chi connectivity index (χ1n) is 11.0. The van der Waals surface area contributed by atoms with Gasteiger partial charge in [-0.2, -0.15) is 0 Å². The number of thioether (sulfide) groups is 1. The van der Waals surface area contributed by atoms with E-state index < -0.39 is 6.04 Å². The summed E-state index contributed by atoms with van der Waals surface area (Å²) < 4.78 is 13.4. The molecule has 1 N–H and O–H groups in total. The van der Waals surface area contributed by atoms with Gasteiger partial charge in [-0.1, -0.05) is 60.2 Å². The van der Waals surface area contributed by atoms with Gasteiger partial charge in [0, 0.05) is 24.4 Å². The van der Waals surface area contributed by atoms with Crippen LogP contribution in [0.2, 0.25) is 0 Å². The van der Waals surface area contributed by atoms with Crippen molar-refractivity contribution in [2.75, 3.05) is 12.3 Å².